The van der Waals surface area contributed by atoms with E-state index in [0.717, 1.165) is 44.6 Å². The maximum atomic E-state index is 13.3. The summed E-state index contributed by atoms with van der Waals surface area (Å²) in [5, 5.41) is 3.28. The van der Waals surface area contributed by atoms with Gasteiger partial charge in [0.15, 0.2) is 0 Å². The van der Waals surface area contributed by atoms with Crippen LogP contribution in [0.2, 0.25) is 0 Å². The molecule has 0 amide bonds. The third-order valence-corrected chi connectivity index (χ3v) is 3.15. The van der Waals surface area contributed by atoms with Gasteiger partial charge in [-0.25, -0.2) is 4.39 Å². The smallest absolute Gasteiger partial charge is 0.150 e. The Morgan fingerprint density at radius 2 is 2.12 bits per heavy atom. The second-order valence-corrected chi connectivity index (χ2v) is 4.44. The minimum atomic E-state index is -0.309. The first-order valence-corrected chi connectivity index (χ1v) is 5.88. The van der Waals surface area contributed by atoms with Crippen molar-refractivity contribution in [3.63, 3.8) is 0 Å². The lowest BCUT2D eigenvalue weighted by atomic mass is 10.0. The van der Waals surface area contributed by atoms with Crippen molar-refractivity contribution < 1.29 is 9.18 Å². The number of rotatable bonds is 3. The third-order valence-electron chi connectivity index (χ3n) is 3.15. The number of aryl methyl sites for hydroxylation is 1. The van der Waals surface area contributed by atoms with Gasteiger partial charge in [0.2, 0.25) is 0 Å². The molecule has 1 aromatic rings. The lowest BCUT2D eigenvalue weighted by Gasteiger charge is -2.27. The molecule has 1 saturated heterocycles. The van der Waals surface area contributed by atoms with Gasteiger partial charge in [-0.2, -0.15) is 0 Å². The van der Waals surface area contributed by atoms with Gasteiger partial charge < -0.3 is 5.32 Å². The Hall–Kier alpha value is -1.26. The number of benzene rings is 1. The van der Waals surface area contributed by atoms with E-state index in [1.165, 1.54) is 6.07 Å². The summed E-state index contributed by atoms with van der Waals surface area (Å²) in [6.45, 7) is 6.32. The van der Waals surface area contributed by atoms with E-state index in [0.29, 0.717) is 11.1 Å². The van der Waals surface area contributed by atoms with Crippen LogP contribution in [0, 0.1) is 12.7 Å². The van der Waals surface area contributed by atoms with Crippen molar-refractivity contribution in [1.29, 1.82) is 0 Å². The Bertz CT molecular complexity index is 414. The average Bonchev–Trinajstić information content (AvgIpc) is 2.35. The molecule has 1 heterocycles. The first kappa shape index (κ1) is 12.2. The Balaban J connectivity index is 2.18. The van der Waals surface area contributed by atoms with E-state index in [4.69, 9.17) is 0 Å². The third kappa shape index (κ3) is 2.90. The molecule has 0 atom stereocenters. The van der Waals surface area contributed by atoms with Crippen molar-refractivity contribution in [3.05, 3.63) is 34.6 Å². The number of hydrogen-bond donors (Lipinski definition) is 1. The highest BCUT2D eigenvalue weighted by Gasteiger charge is 2.13. The second-order valence-electron chi connectivity index (χ2n) is 4.44. The molecule has 2 rings (SSSR count). The van der Waals surface area contributed by atoms with Crippen molar-refractivity contribution in [2.75, 3.05) is 26.2 Å². The molecule has 1 fully saturated rings. The maximum absolute atomic E-state index is 13.3. The molecule has 0 aromatic heterocycles. The molecule has 1 aliphatic heterocycles. The van der Waals surface area contributed by atoms with Gasteiger partial charge in [-0.15, -0.1) is 0 Å². The maximum Gasteiger partial charge on any atom is 0.150 e. The molecule has 0 bridgehead atoms. The Labute approximate surface area is 101 Å². The predicted molar refractivity (Wildman–Crippen MR) is 64.7 cm³/mol. The number of hydrogen-bond acceptors (Lipinski definition) is 3. The van der Waals surface area contributed by atoms with Gasteiger partial charge in [0, 0.05) is 38.3 Å². The first-order chi connectivity index (χ1) is 8.20. The highest BCUT2D eigenvalue weighted by molar-refractivity contribution is 5.77. The molecule has 17 heavy (non-hydrogen) atoms. The Kier molecular flexibility index (Phi) is 3.86. The Morgan fingerprint density at radius 1 is 1.41 bits per heavy atom. The van der Waals surface area contributed by atoms with Gasteiger partial charge in [-0.05, 0) is 24.1 Å². The van der Waals surface area contributed by atoms with Crippen LogP contribution in [0.4, 0.5) is 4.39 Å². The zero-order chi connectivity index (χ0) is 12.3. The highest BCUT2D eigenvalue weighted by Crippen LogP contribution is 2.16. The van der Waals surface area contributed by atoms with Crippen LogP contribution in [0.1, 0.15) is 21.5 Å². The largest absolute Gasteiger partial charge is 0.314 e. The lowest BCUT2D eigenvalue weighted by molar-refractivity contribution is 0.112. The van der Waals surface area contributed by atoms with E-state index < -0.39 is 0 Å². The van der Waals surface area contributed by atoms with E-state index in [-0.39, 0.29) is 5.82 Å². The zero-order valence-corrected chi connectivity index (χ0v) is 10.0. The first-order valence-electron chi connectivity index (χ1n) is 5.88. The molecule has 1 N–H and O–H groups in total. The van der Waals surface area contributed by atoms with Crippen molar-refractivity contribution in [2.24, 2.45) is 0 Å². The van der Waals surface area contributed by atoms with Crippen molar-refractivity contribution in [2.45, 2.75) is 13.5 Å². The van der Waals surface area contributed by atoms with Gasteiger partial charge in [0.1, 0.15) is 12.1 Å². The number of carbonyl (C=O) groups is 1. The van der Waals surface area contributed by atoms with Gasteiger partial charge in [-0.3, -0.25) is 9.69 Å². The molecular weight excluding hydrogens is 219 g/mol. The van der Waals surface area contributed by atoms with Crippen LogP contribution >= 0.6 is 0 Å². The SMILES string of the molecule is Cc1cc(CN2CCNCC2)c(C=O)cc1F. The van der Waals surface area contributed by atoms with Crippen LogP contribution in [0.25, 0.3) is 0 Å². The summed E-state index contributed by atoms with van der Waals surface area (Å²) >= 11 is 0. The fraction of sp³-hybridized carbons (Fsp3) is 0.462. The average molecular weight is 236 g/mol. The van der Waals surface area contributed by atoms with E-state index in [1.807, 2.05) is 0 Å². The lowest BCUT2D eigenvalue weighted by Crippen LogP contribution is -2.43. The van der Waals surface area contributed by atoms with E-state index in [1.54, 1.807) is 13.0 Å². The summed E-state index contributed by atoms with van der Waals surface area (Å²) in [6, 6.07) is 3.11. The monoisotopic (exact) mass is 236 g/mol. The van der Waals surface area contributed by atoms with Crippen molar-refractivity contribution in [3.8, 4) is 0 Å². The van der Waals surface area contributed by atoms with Crippen LogP contribution in [0.5, 0.6) is 0 Å². The van der Waals surface area contributed by atoms with Gasteiger partial charge >= 0.3 is 0 Å². The van der Waals surface area contributed by atoms with Crippen LogP contribution in [0.3, 0.4) is 0 Å². The van der Waals surface area contributed by atoms with Crippen LogP contribution in [-0.2, 0) is 6.54 Å². The fourth-order valence-electron chi connectivity index (χ4n) is 2.11. The highest BCUT2D eigenvalue weighted by atomic mass is 19.1. The minimum absolute atomic E-state index is 0.309. The zero-order valence-electron chi connectivity index (χ0n) is 10.0. The standard InChI is InChI=1S/C13H17FN2O/c1-10-6-11(12(9-17)7-13(10)14)8-16-4-2-15-3-5-16/h6-7,9,15H,2-5,8H2,1H3. The quantitative estimate of drug-likeness (QED) is 0.804. The summed E-state index contributed by atoms with van der Waals surface area (Å²) < 4.78 is 13.3. The van der Waals surface area contributed by atoms with Crippen LogP contribution in [0.15, 0.2) is 12.1 Å². The number of carbonyl (C=O) groups excluding carboxylic acids is 1. The predicted octanol–water partition coefficient (Wildman–Crippen LogP) is 1.35. The fourth-order valence-corrected chi connectivity index (χ4v) is 2.11. The van der Waals surface area contributed by atoms with Crippen molar-refractivity contribution in [1.82, 2.24) is 10.2 Å². The van der Waals surface area contributed by atoms with Crippen LogP contribution < -0.4 is 5.32 Å². The normalized spacial score (nSPS) is 17.1. The number of piperazine rings is 1. The van der Waals surface area contributed by atoms with Gasteiger partial charge in [0.05, 0.1) is 0 Å². The number of nitrogens with zero attached hydrogens (tertiary/aromatic N) is 1. The molecule has 0 aliphatic carbocycles. The van der Waals surface area contributed by atoms with E-state index in [2.05, 4.69) is 10.2 Å². The molecule has 0 spiro atoms. The molecule has 3 nitrogen and oxygen atoms in total. The Morgan fingerprint density at radius 3 is 2.76 bits per heavy atom. The minimum Gasteiger partial charge on any atom is -0.314 e. The van der Waals surface area contributed by atoms with E-state index in [9.17, 15) is 9.18 Å². The molecule has 1 aromatic carbocycles. The molecule has 92 valence electrons. The number of aldehydes is 1. The van der Waals surface area contributed by atoms with Crippen LogP contribution in [-0.4, -0.2) is 37.4 Å². The molecule has 1 aliphatic rings. The summed E-state index contributed by atoms with van der Waals surface area (Å²) in [5.74, 6) is -0.309. The summed E-state index contributed by atoms with van der Waals surface area (Å²) in [7, 11) is 0. The van der Waals surface area contributed by atoms with Crippen molar-refractivity contribution >= 4 is 6.29 Å². The molecule has 0 radical (unpaired) electrons. The molecule has 0 unspecified atom stereocenters. The summed E-state index contributed by atoms with van der Waals surface area (Å²) in [5.41, 5.74) is 1.98. The summed E-state index contributed by atoms with van der Waals surface area (Å²) in [6.07, 6.45) is 0.736. The molecule has 4 heteroatoms. The van der Waals surface area contributed by atoms with Gasteiger partial charge in [0.25, 0.3) is 0 Å². The topological polar surface area (TPSA) is 32.3 Å². The second kappa shape index (κ2) is 5.38. The summed E-state index contributed by atoms with van der Waals surface area (Å²) in [4.78, 5) is 13.2. The number of halogens is 1. The molecule has 0 saturated carbocycles. The number of nitrogens with one attached hydrogen (secondary N) is 1. The van der Waals surface area contributed by atoms with Gasteiger partial charge in [-0.1, -0.05) is 6.07 Å². The molecular formula is C13H17FN2O. The van der Waals surface area contributed by atoms with E-state index >= 15 is 0 Å².